The molecule has 0 aliphatic carbocycles. The summed E-state index contributed by atoms with van der Waals surface area (Å²) < 4.78 is 64.4. The highest BCUT2D eigenvalue weighted by Gasteiger charge is 2.37. The maximum atomic E-state index is 13.8. The van der Waals surface area contributed by atoms with E-state index in [9.17, 15) is 27.9 Å². The summed E-state index contributed by atoms with van der Waals surface area (Å²) in [4.78, 5) is 10.3. The molecule has 0 radical (unpaired) electrons. The number of halogens is 3. The monoisotopic (exact) mass is 458 g/mol. The first-order valence-electron chi connectivity index (χ1n) is 9.29. The molecule has 0 aliphatic heterocycles. The number of nitro benzene ring substituents is 1. The lowest BCUT2D eigenvalue weighted by molar-refractivity contribution is -0.385. The number of rotatable bonds is 10. The average Bonchev–Trinajstić information content (AvgIpc) is 2.71. The zero-order valence-corrected chi connectivity index (χ0v) is 17.8. The Labute approximate surface area is 177 Å². The molecule has 0 saturated heterocycles. The minimum Gasteiger partial charge on any atom is -0.374 e. The van der Waals surface area contributed by atoms with Gasteiger partial charge in [0.2, 0.25) is 0 Å². The highest BCUT2D eigenvalue weighted by molar-refractivity contribution is 7.53. The molecule has 1 N–H and O–H groups in total. The van der Waals surface area contributed by atoms with E-state index in [1.54, 1.807) is 19.9 Å². The predicted octanol–water partition coefficient (Wildman–Crippen LogP) is 6.56. The third kappa shape index (κ3) is 5.94. The van der Waals surface area contributed by atoms with Crippen LogP contribution < -0.4 is 5.32 Å². The van der Waals surface area contributed by atoms with E-state index in [4.69, 9.17) is 9.05 Å². The van der Waals surface area contributed by atoms with Crippen molar-refractivity contribution in [1.29, 1.82) is 0 Å². The second-order valence-corrected chi connectivity index (χ2v) is 8.30. The first-order valence-corrected chi connectivity index (χ1v) is 11.0. The third-order valence-electron chi connectivity index (χ3n) is 4.22. The van der Waals surface area contributed by atoms with Crippen molar-refractivity contribution in [1.82, 2.24) is 0 Å². The highest BCUT2D eigenvalue weighted by atomic mass is 31.2. The van der Waals surface area contributed by atoms with E-state index in [2.05, 4.69) is 11.9 Å². The van der Waals surface area contributed by atoms with Crippen molar-refractivity contribution in [2.24, 2.45) is 0 Å². The van der Waals surface area contributed by atoms with Gasteiger partial charge in [-0.3, -0.25) is 14.7 Å². The number of benzene rings is 2. The molecule has 0 aromatic heterocycles. The first-order chi connectivity index (χ1) is 14.6. The fraction of sp³-hybridized carbons (Fsp3) is 0.300. The standard InChI is InChI=1S/C20H22F3N2O5P/c1-4-14-11-16(17(20(21,22)23)12-19(14)25(26)27)15-9-7-8-10-18(15)24-13-31(28,29-5-2)30-6-3/h4,7-12,24H,1,5-6,13H2,2-3H3. The van der Waals surface area contributed by atoms with Gasteiger partial charge in [-0.2, -0.15) is 13.2 Å². The molecule has 11 heteroatoms. The Kier molecular flexibility index (Phi) is 8.00. The van der Waals surface area contributed by atoms with Gasteiger partial charge in [-0.25, -0.2) is 0 Å². The van der Waals surface area contributed by atoms with E-state index in [1.807, 2.05) is 0 Å². The minimum absolute atomic E-state index is 0.0582. The van der Waals surface area contributed by atoms with Crippen molar-refractivity contribution in [2.75, 3.05) is 24.8 Å². The minimum atomic E-state index is -4.85. The quantitative estimate of drug-likeness (QED) is 0.246. The molecule has 0 unspecified atom stereocenters. The molecule has 31 heavy (non-hydrogen) atoms. The number of hydrogen-bond acceptors (Lipinski definition) is 6. The van der Waals surface area contributed by atoms with E-state index in [1.165, 1.54) is 18.2 Å². The summed E-state index contributed by atoms with van der Waals surface area (Å²) in [5.41, 5.74) is -1.86. The highest BCUT2D eigenvalue weighted by Crippen LogP contribution is 2.48. The van der Waals surface area contributed by atoms with Crippen LogP contribution in [0.3, 0.4) is 0 Å². The van der Waals surface area contributed by atoms with Gasteiger partial charge in [0.15, 0.2) is 0 Å². The number of anilines is 1. The summed E-state index contributed by atoms with van der Waals surface area (Å²) in [5, 5.41) is 14.1. The summed E-state index contributed by atoms with van der Waals surface area (Å²) in [6.45, 7) is 7.00. The van der Waals surface area contributed by atoms with Gasteiger partial charge in [-0.1, -0.05) is 30.9 Å². The molecule has 0 saturated carbocycles. The number of para-hydroxylation sites is 1. The number of nitrogens with zero attached hydrogens (tertiary/aromatic N) is 1. The molecular formula is C20H22F3N2O5P. The van der Waals surface area contributed by atoms with Gasteiger partial charge >= 0.3 is 13.8 Å². The van der Waals surface area contributed by atoms with Crippen molar-refractivity contribution in [3.05, 3.63) is 64.2 Å². The molecule has 2 aromatic rings. The van der Waals surface area contributed by atoms with Gasteiger partial charge in [0, 0.05) is 17.3 Å². The van der Waals surface area contributed by atoms with Crippen LogP contribution in [0.1, 0.15) is 25.0 Å². The SMILES string of the molecule is C=Cc1cc(-c2ccccc2NCP(=O)(OCC)OCC)c(C(F)(F)F)cc1[N+](=O)[O-]. The van der Waals surface area contributed by atoms with Crippen molar-refractivity contribution < 1.29 is 31.7 Å². The largest absolute Gasteiger partial charge is 0.417 e. The van der Waals surface area contributed by atoms with E-state index in [-0.39, 0.29) is 41.9 Å². The second-order valence-electron chi connectivity index (χ2n) is 6.24. The molecule has 168 valence electrons. The van der Waals surface area contributed by atoms with Crippen LogP contribution in [0.2, 0.25) is 0 Å². The Bertz CT molecular complexity index is 1000. The van der Waals surface area contributed by atoms with Crippen molar-refractivity contribution in [3.63, 3.8) is 0 Å². The van der Waals surface area contributed by atoms with E-state index in [0.717, 1.165) is 12.1 Å². The summed E-state index contributed by atoms with van der Waals surface area (Å²) in [5.74, 6) is 0. The molecular weight excluding hydrogens is 436 g/mol. The Balaban J connectivity index is 2.61. The van der Waals surface area contributed by atoms with Gasteiger partial charge in [0.05, 0.1) is 29.3 Å². The topological polar surface area (TPSA) is 90.7 Å². The number of nitrogens with one attached hydrogen (secondary N) is 1. The number of nitro groups is 1. The van der Waals surface area contributed by atoms with Gasteiger partial charge < -0.3 is 14.4 Å². The van der Waals surface area contributed by atoms with Crippen LogP contribution in [0.15, 0.2) is 43.0 Å². The fourth-order valence-electron chi connectivity index (χ4n) is 2.96. The van der Waals surface area contributed by atoms with Gasteiger partial charge in [-0.15, -0.1) is 0 Å². The maximum Gasteiger partial charge on any atom is 0.417 e. The molecule has 0 fully saturated rings. The third-order valence-corrected chi connectivity index (χ3v) is 6.07. The smallest absolute Gasteiger partial charge is 0.374 e. The van der Waals surface area contributed by atoms with Crippen molar-refractivity contribution in [2.45, 2.75) is 20.0 Å². The molecule has 0 amide bonds. The molecule has 0 bridgehead atoms. The Morgan fingerprint density at radius 2 is 1.77 bits per heavy atom. The van der Waals surface area contributed by atoms with Crippen LogP contribution >= 0.6 is 7.60 Å². The normalized spacial score (nSPS) is 11.9. The molecule has 0 spiro atoms. The van der Waals surface area contributed by atoms with Crippen LogP contribution in [0.25, 0.3) is 17.2 Å². The Hall–Kier alpha value is -2.68. The summed E-state index contributed by atoms with van der Waals surface area (Å²) in [7, 11) is -3.52. The van der Waals surface area contributed by atoms with Crippen LogP contribution in [-0.2, 0) is 19.8 Å². The van der Waals surface area contributed by atoms with Crippen LogP contribution in [0.4, 0.5) is 24.5 Å². The molecule has 2 rings (SSSR count). The summed E-state index contributed by atoms with van der Waals surface area (Å²) >= 11 is 0. The Morgan fingerprint density at radius 3 is 2.29 bits per heavy atom. The van der Waals surface area contributed by atoms with Crippen molar-refractivity contribution >= 4 is 25.0 Å². The second kappa shape index (κ2) is 10.1. The molecule has 0 heterocycles. The van der Waals surface area contributed by atoms with Crippen LogP contribution in [0.5, 0.6) is 0 Å². The molecule has 2 aromatic carbocycles. The lowest BCUT2D eigenvalue weighted by atomic mass is 9.94. The van der Waals surface area contributed by atoms with Crippen LogP contribution in [0, 0.1) is 10.1 Å². The molecule has 7 nitrogen and oxygen atoms in total. The maximum absolute atomic E-state index is 13.8. The number of alkyl halides is 3. The fourth-order valence-corrected chi connectivity index (χ4v) is 4.37. The van der Waals surface area contributed by atoms with Gasteiger partial charge in [0.25, 0.3) is 5.69 Å². The zero-order chi connectivity index (χ0) is 23.2. The van der Waals surface area contributed by atoms with E-state index < -0.39 is 29.9 Å². The Morgan fingerprint density at radius 1 is 1.16 bits per heavy atom. The predicted molar refractivity (Wildman–Crippen MR) is 113 cm³/mol. The van der Waals surface area contributed by atoms with E-state index >= 15 is 0 Å². The lowest BCUT2D eigenvalue weighted by Gasteiger charge is -2.21. The summed E-state index contributed by atoms with van der Waals surface area (Å²) in [6, 6.07) is 7.61. The average molecular weight is 458 g/mol. The van der Waals surface area contributed by atoms with Gasteiger partial charge in [0.1, 0.15) is 6.29 Å². The summed E-state index contributed by atoms with van der Waals surface area (Å²) in [6.07, 6.45) is -4.00. The lowest BCUT2D eigenvalue weighted by Crippen LogP contribution is -2.11. The zero-order valence-electron chi connectivity index (χ0n) is 16.9. The van der Waals surface area contributed by atoms with Gasteiger partial charge in [-0.05, 0) is 31.5 Å². The van der Waals surface area contributed by atoms with Crippen LogP contribution in [-0.4, -0.2) is 24.4 Å². The molecule has 0 atom stereocenters. The number of hydrogen-bond donors (Lipinski definition) is 1. The van der Waals surface area contributed by atoms with E-state index in [0.29, 0.717) is 6.07 Å². The van der Waals surface area contributed by atoms with Crippen molar-refractivity contribution in [3.8, 4) is 11.1 Å². The molecule has 0 aliphatic rings. The first kappa shape index (κ1) is 24.6.